The summed E-state index contributed by atoms with van der Waals surface area (Å²) >= 11 is 0. The zero-order valence-electron chi connectivity index (χ0n) is 14.0. The van der Waals surface area contributed by atoms with Crippen LogP contribution >= 0.6 is 0 Å². The molecule has 0 spiro atoms. The monoisotopic (exact) mass is 330 g/mol. The molecule has 24 heavy (non-hydrogen) atoms. The molecule has 1 saturated carbocycles. The van der Waals surface area contributed by atoms with Gasteiger partial charge in [-0.3, -0.25) is 9.59 Å². The fraction of sp³-hybridized carbons (Fsp3) is 0.474. The highest BCUT2D eigenvalue weighted by Gasteiger charge is 2.51. The zero-order valence-corrected chi connectivity index (χ0v) is 14.0. The van der Waals surface area contributed by atoms with Crippen molar-refractivity contribution in [1.29, 1.82) is 0 Å². The van der Waals surface area contributed by atoms with Crippen molar-refractivity contribution in [1.82, 2.24) is 0 Å². The summed E-state index contributed by atoms with van der Waals surface area (Å²) in [5.74, 6) is 1.00. The van der Waals surface area contributed by atoms with Crippen molar-refractivity contribution < 1.29 is 23.8 Å². The maximum absolute atomic E-state index is 12.5. The van der Waals surface area contributed by atoms with Gasteiger partial charge in [-0.05, 0) is 36.0 Å². The number of allylic oxidation sites excluding steroid dienone is 1. The first kappa shape index (κ1) is 16.6. The smallest absolute Gasteiger partial charge is 0.312 e. The van der Waals surface area contributed by atoms with E-state index < -0.39 is 5.41 Å². The molecular formula is C19H22O5. The number of esters is 1. The molecular weight excluding hydrogens is 308 g/mol. The Hall–Kier alpha value is -2.30. The Morgan fingerprint density at radius 1 is 1.42 bits per heavy atom. The Bertz CT molecular complexity index is 680. The molecule has 0 amide bonds. The third-order valence-electron chi connectivity index (χ3n) is 5.36. The zero-order chi connectivity index (χ0) is 17.3. The van der Waals surface area contributed by atoms with Crippen LogP contribution in [0, 0.1) is 11.3 Å². The molecule has 1 aliphatic carbocycles. The van der Waals surface area contributed by atoms with E-state index in [0.717, 1.165) is 5.56 Å². The highest BCUT2D eigenvalue weighted by Crippen LogP contribution is 2.51. The lowest BCUT2D eigenvalue weighted by Crippen LogP contribution is -2.46. The Morgan fingerprint density at radius 2 is 2.17 bits per heavy atom. The van der Waals surface area contributed by atoms with Crippen molar-refractivity contribution in [3.8, 4) is 11.5 Å². The number of hydrogen-bond donors (Lipinski definition) is 0. The lowest BCUT2D eigenvalue weighted by molar-refractivity contribution is -0.161. The highest BCUT2D eigenvalue weighted by atomic mass is 16.7. The maximum atomic E-state index is 12.5. The van der Waals surface area contributed by atoms with Gasteiger partial charge in [-0.1, -0.05) is 19.1 Å². The lowest BCUT2D eigenvalue weighted by atomic mass is 9.59. The number of fused-ring (bicyclic) bond motifs is 1. The summed E-state index contributed by atoms with van der Waals surface area (Å²) in [4.78, 5) is 25.0. The van der Waals surface area contributed by atoms with Crippen LogP contribution in [0.15, 0.2) is 30.9 Å². The van der Waals surface area contributed by atoms with Gasteiger partial charge in [0.2, 0.25) is 6.79 Å². The molecule has 0 unspecified atom stereocenters. The molecule has 1 aromatic rings. The van der Waals surface area contributed by atoms with Crippen LogP contribution < -0.4 is 9.47 Å². The largest absolute Gasteiger partial charge is 0.469 e. The van der Waals surface area contributed by atoms with Gasteiger partial charge in [-0.15, -0.1) is 6.58 Å². The molecule has 128 valence electrons. The van der Waals surface area contributed by atoms with Crippen LogP contribution in [-0.2, 0) is 14.3 Å². The molecule has 0 aromatic heterocycles. The molecule has 0 bridgehead atoms. The first-order valence-corrected chi connectivity index (χ1v) is 8.12. The van der Waals surface area contributed by atoms with E-state index in [1.807, 2.05) is 25.1 Å². The Kier molecular flexibility index (Phi) is 4.35. The van der Waals surface area contributed by atoms with Gasteiger partial charge in [0.25, 0.3) is 0 Å². The van der Waals surface area contributed by atoms with Crippen LogP contribution in [0.4, 0.5) is 0 Å². The van der Waals surface area contributed by atoms with Crippen molar-refractivity contribution in [2.24, 2.45) is 11.3 Å². The van der Waals surface area contributed by atoms with Crippen molar-refractivity contribution in [3.05, 3.63) is 36.4 Å². The summed E-state index contributed by atoms with van der Waals surface area (Å²) in [7, 11) is 1.37. The number of Topliss-reactive ketones (excluding diaryl/α,β-unsaturated/α-hetero) is 1. The average molecular weight is 330 g/mol. The average Bonchev–Trinajstić information content (AvgIpc) is 3.04. The topological polar surface area (TPSA) is 61.8 Å². The summed E-state index contributed by atoms with van der Waals surface area (Å²) in [5.41, 5.74) is 0.129. The number of hydrogen-bond acceptors (Lipinski definition) is 5. The molecule has 0 N–H and O–H groups in total. The van der Waals surface area contributed by atoms with Crippen LogP contribution in [0.3, 0.4) is 0 Å². The Balaban J connectivity index is 2.00. The second-order valence-electron chi connectivity index (χ2n) is 6.57. The van der Waals surface area contributed by atoms with Crippen LogP contribution in [0.5, 0.6) is 11.5 Å². The molecule has 5 heteroatoms. The van der Waals surface area contributed by atoms with E-state index in [4.69, 9.17) is 14.2 Å². The predicted molar refractivity (Wildman–Crippen MR) is 88.0 cm³/mol. The summed E-state index contributed by atoms with van der Waals surface area (Å²) in [6.45, 7) is 5.99. The van der Waals surface area contributed by atoms with Crippen molar-refractivity contribution in [2.75, 3.05) is 13.9 Å². The second-order valence-corrected chi connectivity index (χ2v) is 6.57. The Labute approximate surface area is 141 Å². The number of carbonyl (C=O) groups is 2. The third kappa shape index (κ3) is 2.58. The lowest BCUT2D eigenvalue weighted by Gasteiger charge is -2.43. The number of methoxy groups -OCH3 is 1. The summed E-state index contributed by atoms with van der Waals surface area (Å²) < 4.78 is 15.8. The van der Waals surface area contributed by atoms with Crippen molar-refractivity contribution in [2.45, 2.75) is 32.1 Å². The summed E-state index contributed by atoms with van der Waals surface area (Å²) in [6, 6.07) is 5.72. The highest BCUT2D eigenvalue weighted by molar-refractivity contribution is 5.89. The number of ketones is 1. The third-order valence-corrected chi connectivity index (χ3v) is 5.36. The van der Waals surface area contributed by atoms with E-state index in [0.29, 0.717) is 24.3 Å². The SMILES string of the molecule is C=CC[C@]1(C(=O)OC)CC(=O)C[C@H](c2ccc3c(c2)OCO3)[C@H]1C. The molecule has 1 heterocycles. The minimum Gasteiger partial charge on any atom is -0.469 e. The second kappa shape index (κ2) is 6.30. The predicted octanol–water partition coefficient (Wildman–Crippen LogP) is 3.23. The van der Waals surface area contributed by atoms with Gasteiger partial charge < -0.3 is 14.2 Å². The molecule has 0 radical (unpaired) electrons. The van der Waals surface area contributed by atoms with E-state index >= 15 is 0 Å². The van der Waals surface area contributed by atoms with Gasteiger partial charge in [0.05, 0.1) is 12.5 Å². The number of benzene rings is 1. The maximum Gasteiger partial charge on any atom is 0.312 e. The van der Waals surface area contributed by atoms with Gasteiger partial charge in [0, 0.05) is 12.8 Å². The molecule has 1 aliphatic heterocycles. The standard InChI is InChI=1S/C19H22O5/c1-4-7-19(18(21)22-3)10-14(20)9-15(12(19)2)13-5-6-16-17(8-13)24-11-23-16/h4-6,8,12,15H,1,7,9-11H2,2-3H3/t12-,15+,19+/m1/s1. The minimum atomic E-state index is -0.854. The minimum absolute atomic E-state index is 0.0546. The number of ether oxygens (including phenoxy) is 3. The van der Waals surface area contributed by atoms with Gasteiger partial charge in [-0.2, -0.15) is 0 Å². The van der Waals surface area contributed by atoms with E-state index in [2.05, 4.69) is 6.58 Å². The fourth-order valence-corrected chi connectivity index (χ4v) is 4.00. The van der Waals surface area contributed by atoms with Gasteiger partial charge >= 0.3 is 5.97 Å². The van der Waals surface area contributed by atoms with E-state index in [1.165, 1.54) is 7.11 Å². The van der Waals surface area contributed by atoms with Crippen LogP contribution in [0.2, 0.25) is 0 Å². The molecule has 1 fully saturated rings. The molecule has 2 aliphatic rings. The molecule has 3 rings (SSSR count). The van der Waals surface area contributed by atoms with E-state index in [9.17, 15) is 9.59 Å². The normalized spacial score (nSPS) is 28.5. The molecule has 3 atom stereocenters. The van der Waals surface area contributed by atoms with Gasteiger partial charge in [0.1, 0.15) is 5.78 Å². The molecule has 0 saturated heterocycles. The van der Waals surface area contributed by atoms with Crippen molar-refractivity contribution >= 4 is 11.8 Å². The Morgan fingerprint density at radius 3 is 2.88 bits per heavy atom. The van der Waals surface area contributed by atoms with E-state index in [-0.39, 0.29) is 36.8 Å². The van der Waals surface area contributed by atoms with Gasteiger partial charge in [0.15, 0.2) is 11.5 Å². The van der Waals surface area contributed by atoms with Crippen molar-refractivity contribution in [3.63, 3.8) is 0 Å². The fourth-order valence-electron chi connectivity index (χ4n) is 4.00. The first-order chi connectivity index (χ1) is 11.5. The number of carbonyl (C=O) groups excluding carboxylic acids is 2. The van der Waals surface area contributed by atoms with E-state index in [1.54, 1.807) is 6.08 Å². The van der Waals surface area contributed by atoms with Crippen LogP contribution in [0.1, 0.15) is 37.7 Å². The summed E-state index contributed by atoms with van der Waals surface area (Å²) in [6.07, 6.45) is 2.74. The first-order valence-electron chi connectivity index (χ1n) is 8.12. The van der Waals surface area contributed by atoms with Gasteiger partial charge in [-0.25, -0.2) is 0 Å². The quantitative estimate of drug-likeness (QED) is 0.626. The molecule has 5 nitrogen and oxygen atoms in total. The van der Waals surface area contributed by atoms with Crippen LogP contribution in [0.25, 0.3) is 0 Å². The summed E-state index contributed by atoms with van der Waals surface area (Å²) in [5, 5.41) is 0. The van der Waals surface area contributed by atoms with Crippen LogP contribution in [-0.4, -0.2) is 25.7 Å². The number of rotatable bonds is 4. The molecule has 1 aromatic carbocycles.